The maximum Gasteiger partial charge on any atom is 0.336 e. The zero-order chi connectivity index (χ0) is 11.7. The van der Waals surface area contributed by atoms with Crippen LogP contribution in [0.3, 0.4) is 0 Å². The quantitative estimate of drug-likeness (QED) is 0.831. The number of hydrogen-bond acceptors (Lipinski definition) is 2. The predicted octanol–water partition coefficient (Wildman–Crippen LogP) is 2.60. The van der Waals surface area contributed by atoms with Crippen molar-refractivity contribution in [2.75, 3.05) is 18.0 Å². The van der Waals surface area contributed by atoms with Crippen LogP contribution < -0.4 is 4.90 Å². The number of rotatable bonds is 2. The average molecular weight is 219 g/mol. The summed E-state index contributed by atoms with van der Waals surface area (Å²) in [5, 5.41) is 9.14. The molecule has 1 fully saturated rings. The molecular weight excluding hydrogens is 202 g/mol. The second-order valence-electron chi connectivity index (χ2n) is 4.43. The molecule has 16 heavy (non-hydrogen) atoms. The molecule has 0 amide bonds. The SMILES string of the molecule is Cc1cc(N2CCCC2)cc(C(=O)O)c1C. The summed E-state index contributed by atoms with van der Waals surface area (Å²) in [7, 11) is 0. The highest BCUT2D eigenvalue weighted by Crippen LogP contribution is 2.25. The summed E-state index contributed by atoms with van der Waals surface area (Å²) in [6.07, 6.45) is 2.41. The smallest absolute Gasteiger partial charge is 0.336 e. The predicted molar refractivity (Wildman–Crippen MR) is 64.3 cm³/mol. The van der Waals surface area contributed by atoms with Crippen molar-refractivity contribution in [2.45, 2.75) is 26.7 Å². The Kier molecular flexibility index (Phi) is 2.86. The summed E-state index contributed by atoms with van der Waals surface area (Å²) in [6.45, 7) is 5.93. The Morgan fingerprint density at radius 2 is 1.88 bits per heavy atom. The van der Waals surface area contributed by atoms with Gasteiger partial charge in [-0.25, -0.2) is 4.79 Å². The van der Waals surface area contributed by atoms with Gasteiger partial charge >= 0.3 is 5.97 Å². The number of carboxylic acid groups (broad SMARTS) is 1. The number of carboxylic acids is 1. The molecule has 1 aliphatic rings. The van der Waals surface area contributed by atoms with Crippen LogP contribution in [0, 0.1) is 13.8 Å². The van der Waals surface area contributed by atoms with E-state index in [1.165, 1.54) is 12.8 Å². The number of aryl methyl sites for hydroxylation is 1. The lowest BCUT2D eigenvalue weighted by Gasteiger charge is -2.20. The normalized spacial score (nSPS) is 15.5. The molecule has 0 bridgehead atoms. The molecule has 3 nitrogen and oxygen atoms in total. The molecule has 1 saturated heterocycles. The van der Waals surface area contributed by atoms with Gasteiger partial charge in [-0.15, -0.1) is 0 Å². The third-order valence-electron chi connectivity index (χ3n) is 3.35. The first kappa shape index (κ1) is 11.0. The molecule has 0 atom stereocenters. The van der Waals surface area contributed by atoms with Crippen molar-refractivity contribution >= 4 is 11.7 Å². The molecule has 1 heterocycles. The van der Waals surface area contributed by atoms with Crippen molar-refractivity contribution in [2.24, 2.45) is 0 Å². The van der Waals surface area contributed by atoms with E-state index in [4.69, 9.17) is 5.11 Å². The van der Waals surface area contributed by atoms with Crippen LogP contribution in [-0.2, 0) is 0 Å². The number of benzene rings is 1. The van der Waals surface area contributed by atoms with E-state index >= 15 is 0 Å². The lowest BCUT2D eigenvalue weighted by atomic mass is 10.0. The maximum absolute atomic E-state index is 11.1. The van der Waals surface area contributed by atoms with Crippen molar-refractivity contribution in [3.05, 3.63) is 28.8 Å². The van der Waals surface area contributed by atoms with Crippen LogP contribution in [0.15, 0.2) is 12.1 Å². The molecule has 86 valence electrons. The van der Waals surface area contributed by atoms with E-state index in [1.54, 1.807) is 6.07 Å². The number of nitrogens with zero attached hydrogens (tertiary/aromatic N) is 1. The van der Waals surface area contributed by atoms with Gasteiger partial charge in [-0.1, -0.05) is 0 Å². The van der Waals surface area contributed by atoms with Crippen LogP contribution >= 0.6 is 0 Å². The highest BCUT2D eigenvalue weighted by Gasteiger charge is 2.16. The number of carbonyl (C=O) groups is 1. The van der Waals surface area contributed by atoms with Crippen LogP contribution in [0.1, 0.15) is 34.3 Å². The third-order valence-corrected chi connectivity index (χ3v) is 3.35. The summed E-state index contributed by atoms with van der Waals surface area (Å²) in [5.74, 6) is -0.832. The molecule has 1 aliphatic heterocycles. The molecule has 0 spiro atoms. The Bertz CT molecular complexity index is 420. The highest BCUT2D eigenvalue weighted by atomic mass is 16.4. The zero-order valence-corrected chi connectivity index (χ0v) is 9.79. The lowest BCUT2D eigenvalue weighted by Crippen LogP contribution is -2.18. The largest absolute Gasteiger partial charge is 0.478 e. The fourth-order valence-electron chi connectivity index (χ4n) is 2.22. The monoisotopic (exact) mass is 219 g/mol. The van der Waals surface area contributed by atoms with E-state index < -0.39 is 5.97 Å². The van der Waals surface area contributed by atoms with Crippen molar-refractivity contribution in [1.82, 2.24) is 0 Å². The van der Waals surface area contributed by atoms with Crippen LogP contribution in [0.4, 0.5) is 5.69 Å². The summed E-state index contributed by atoms with van der Waals surface area (Å²) in [6, 6.07) is 3.89. The Balaban J connectivity index is 2.43. The zero-order valence-electron chi connectivity index (χ0n) is 9.79. The number of hydrogen-bond donors (Lipinski definition) is 1. The second kappa shape index (κ2) is 4.16. The maximum atomic E-state index is 11.1. The first-order valence-electron chi connectivity index (χ1n) is 5.69. The molecule has 0 unspecified atom stereocenters. The molecule has 3 heteroatoms. The topological polar surface area (TPSA) is 40.5 Å². The van der Waals surface area contributed by atoms with E-state index in [9.17, 15) is 4.79 Å². The van der Waals surface area contributed by atoms with Gasteiger partial charge in [0.25, 0.3) is 0 Å². The first-order valence-corrected chi connectivity index (χ1v) is 5.69. The standard InChI is InChI=1S/C13H17NO2/c1-9-7-11(14-5-3-4-6-14)8-12(10(9)2)13(15)16/h7-8H,3-6H2,1-2H3,(H,15,16). The van der Waals surface area contributed by atoms with Crippen molar-refractivity contribution in [1.29, 1.82) is 0 Å². The van der Waals surface area contributed by atoms with Gasteiger partial charge in [-0.2, -0.15) is 0 Å². The summed E-state index contributed by atoms with van der Waals surface area (Å²) in [5.41, 5.74) is 3.41. The minimum atomic E-state index is -0.832. The molecule has 2 rings (SSSR count). The van der Waals surface area contributed by atoms with E-state index in [2.05, 4.69) is 11.0 Å². The Morgan fingerprint density at radius 1 is 1.25 bits per heavy atom. The molecule has 0 radical (unpaired) electrons. The number of aromatic carboxylic acids is 1. The molecule has 1 aromatic carbocycles. The third kappa shape index (κ3) is 1.90. The van der Waals surface area contributed by atoms with Crippen molar-refractivity contribution in [3.63, 3.8) is 0 Å². The lowest BCUT2D eigenvalue weighted by molar-refractivity contribution is 0.0696. The first-order chi connectivity index (χ1) is 7.59. The van der Waals surface area contributed by atoms with Gasteiger partial charge in [0.1, 0.15) is 0 Å². The summed E-state index contributed by atoms with van der Waals surface area (Å²) < 4.78 is 0. The van der Waals surface area contributed by atoms with Gasteiger partial charge < -0.3 is 10.0 Å². The highest BCUT2D eigenvalue weighted by molar-refractivity contribution is 5.91. The van der Waals surface area contributed by atoms with E-state index in [-0.39, 0.29) is 0 Å². The summed E-state index contributed by atoms with van der Waals surface area (Å²) >= 11 is 0. The van der Waals surface area contributed by atoms with E-state index in [0.29, 0.717) is 5.56 Å². The van der Waals surface area contributed by atoms with Gasteiger partial charge in [-0.3, -0.25) is 0 Å². The van der Waals surface area contributed by atoms with Crippen LogP contribution in [-0.4, -0.2) is 24.2 Å². The number of anilines is 1. The van der Waals surface area contributed by atoms with Crippen LogP contribution in [0.5, 0.6) is 0 Å². The minimum Gasteiger partial charge on any atom is -0.478 e. The molecule has 0 aliphatic carbocycles. The molecule has 1 aromatic rings. The van der Waals surface area contributed by atoms with Gasteiger partial charge in [-0.05, 0) is 49.9 Å². The molecule has 0 aromatic heterocycles. The molecule has 1 N–H and O–H groups in total. The minimum absolute atomic E-state index is 0.432. The fourth-order valence-corrected chi connectivity index (χ4v) is 2.22. The second-order valence-corrected chi connectivity index (χ2v) is 4.43. The van der Waals surface area contributed by atoms with E-state index in [0.717, 1.165) is 29.9 Å². The van der Waals surface area contributed by atoms with Gasteiger partial charge in [0.15, 0.2) is 0 Å². The van der Waals surface area contributed by atoms with Crippen LogP contribution in [0.25, 0.3) is 0 Å². The Morgan fingerprint density at radius 3 is 2.44 bits per heavy atom. The van der Waals surface area contributed by atoms with Gasteiger partial charge in [0.05, 0.1) is 5.56 Å². The van der Waals surface area contributed by atoms with Crippen LogP contribution in [0.2, 0.25) is 0 Å². The molecule has 0 saturated carbocycles. The summed E-state index contributed by atoms with van der Waals surface area (Å²) in [4.78, 5) is 13.4. The average Bonchev–Trinajstić information content (AvgIpc) is 2.74. The van der Waals surface area contributed by atoms with Crippen molar-refractivity contribution in [3.8, 4) is 0 Å². The van der Waals surface area contributed by atoms with E-state index in [1.807, 2.05) is 13.8 Å². The van der Waals surface area contributed by atoms with Crippen molar-refractivity contribution < 1.29 is 9.90 Å². The van der Waals surface area contributed by atoms with Gasteiger partial charge in [0, 0.05) is 18.8 Å². The van der Waals surface area contributed by atoms with Gasteiger partial charge in [0.2, 0.25) is 0 Å². The fraction of sp³-hybridized carbons (Fsp3) is 0.462. The molecular formula is C13H17NO2. The Hall–Kier alpha value is -1.51. The Labute approximate surface area is 95.7 Å².